The van der Waals surface area contributed by atoms with Gasteiger partial charge >= 0.3 is 11.9 Å². The number of piperazine rings is 1. The molecule has 3 N–H and O–H groups in total. The van der Waals surface area contributed by atoms with Crippen LogP contribution in [0.2, 0.25) is 0 Å². The molecule has 7 aliphatic heterocycles. The molecule has 1 unspecified atom stereocenters. The van der Waals surface area contributed by atoms with Crippen molar-refractivity contribution in [2.24, 2.45) is 0 Å². The Morgan fingerprint density at radius 1 is 1.04 bits per heavy atom. The number of nitrogens with zero attached hydrogens (tertiary/aromatic N) is 2. The van der Waals surface area contributed by atoms with Crippen LogP contribution in [0.15, 0.2) is 18.2 Å². The normalized spacial score (nSPS) is 28.5. The van der Waals surface area contributed by atoms with Gasteiger partial charge in [0.25, 0.3) is 0 Å². The first-order valence-corrected chi connectivity index (χ1v) is 20.6. The summed E-state index contributed by atoms with van der Waals surface area (Å²) in [6.45, 7) is 7.97. The zero-order valence-electron chi connectivity index (χ0n) is 33.2. The standard InChI is InChI=1S/C42H49N3O11S/c1-8-11-52-28-14-22-9-10-43-42(24(22)15-27(28)50-6)17-57-39-31-30(38-37(54-18-55-38)20(3)36(31)56-21(4)46)26(16-53-41(42)49)45-33(39)32-29-23(13-25(40(45)48)44(32)5)12-19(2)35(51-7)34(29)47/h12,14-15,25-26,32-33,39-40,43,47-48H,8-11,13,16-18H2,1-7H3/t25-,26-,32+,33?,39+,40-,42+/m0/s1. The summed E-state index contributed by atoms with van der Waals surface area (Å²) < 4.78 is 42.6. The summed E-state index contributed by atoms with van der Waals surface area (Å²) in [4.78, 5) is 32.0. The van der Waals surface area contributed by atoms with Gasteiger partial charge in [-0.2, -0.15) is 0 Å². The Morgan fingerprint density at radius 3 is 2.56 bits per heavy atom. The van der Waals surface area contributed by atoms with E-state index in [4.69, 9.17) is 33.2 Å². The predicted molar refractivity (Wildman–Crippen MR) is 209 cm³/mol. The van der Waals surface area contributed by atoms with Crippen LogP contribution in [0.1, 0.15) is 82.1 Å². The molecule has 7 heterocycles. The van der Waals surface area contributed by atoms with Gasteiger partial charge in [-0.25, -0.2) is 4.79 Å². The molecule has 7 aliphatic rings. The van der Waals surface area contributed by atoms with Gasteiger partial charge < -0.3 is 43.4 Å². The molecule has 0 aromatic heterocycles. The van der Waals surface area contributed by atoms with Gasteiger partial charge in [0.1, 0.15) is 18.6 Å². The number of aliphatic hydroxyl groups excluding tert-OH is 1. The lowest BCUT2D eigenvalue weighted by Crippen LogP contribution is -2.70. The fraction of sp³-hybridized carbons (Fsp3) is 0.524. The molecule has 57 heavy (non-hydrogen) atoms. The highest BCUT2D eigenvalue weighted by atomic mass is 32.2. The Bertz CT molecular complexity index is 2180. The van der Waals surface area contributed by atoms with Crippen molar-refractivity contribution >= 4 is 23.7 Å². The maximum absolute atomic E-state index is 14.9. The molecule has 7 atom stereocenters. The fourth-order valence-corrected chi connectivity index (χ4v) is 12.0. The van der Waals surface area contributed by atoms with E-state index in [2.05, 4.69) is 10.2 Å². The lowest BCUT2D eigenvalue weighted by Gasteiger charge is -2.62. The Balaban J connectivity index is 1.29. The molecule has 3 aromatic rings. The second-order valence-corrected chi connectivity index (χ2v) is 16.9. The first-order valence-electron chi connectivity index (χ1n) is 19.5. The van der Waals surface area contributed by atoms with Crippen molar-refractivity contribution in [3.8, 4) is 40.2 Å². The molecule has 0 aliphatic carbocycles. The number of benzene rings is 3. The molecule has 15 heteroatoms. The number of hydrogen-bond donors (Lipinski definition) is 3. The van der Waals surface area contributed by atoms with Crippen molar-refractivity contribution in [1.29, 1.82) is 0 Å². The smallest absolute Gasteiger partial charge is 0.331 e. The van der Waals surface area contributed by atoms with Crippen molar-refractivity contribution in [1.82, 2.24) is 15.1 Å². The summed E-state index contributed by atoms with van der Waals surface area (Å²) in [5, 5.41) is 27.7. The van der Waals surface area contributed by atoms with Crippen molar-refractivity contribution in [2.75, 3.05) is 53.6 Å². The third-order valence-electron chi connectivity index (χ3n) is 12.7. The lowest BCUT2D eigenvalue weighted by atomic mass is 9.73. The maximum Gasteiger partial charge on any atom is 0.331 e. The molecule has 304 valence electrons. The molecule has 4 bridgehead atoms. The van der Waals surface area contributed by atoms with Gasteiger partial charge in [0.05, 0.1) is 44.2 Å². The van der Waals surface area contributed by atoms with Crippen LogP contribution < -0.4 is 33.7 Å². The molecule has 0 saturated carbocycles. The number of likely N-dealkylation sites (N-methyl/N-ethyl adjacent to an activating group) is 1. The van der Waals surface area contributed by atoms with Crippen molar-refractivity contribution < 1.29 is 53.0 Å². The van der Waals surface area contributed by atoms with Crippen LogP contribution >= 0.6 is 11.8 Å². The summed E-state index contributed by atoms with van der Waals surface area (Å²) in [7, 11) is 5.11. The number of carbonyl (C=O) groups excluding carboxylic acids is 2. The van der Waals surface area contributed by atoms with Gasteiger partial charge in [-0.15, -0.1) is 11.8 Å². The van der Waals surface area contributed by atoms with Gasteiger partial charge in [-0.3, -0.25) is 19.9 Å². The molecule has 0 amide bonds. The van der Waals surface area contributed by atoms with E-state index in [0.29, 0.717) is 82.7 Å². The fourth-order valence-electron chi connectivity index (χ4n) is 10.3. The van der Waals surface area contributed by atoms with Gasteiger partial charge in [0.2, 0.25) is 6.79 Å². The van der Waals surface area contributed by atoms with Crippen molar-refractivity contribution in [2.45, 2.75) is 88.1 Å². The first-order chi connectivity index (χ1) is 27.4. The highest BCUT2D eigenvalue weighted by Gasteiger charge is 2.61. The topological polar surface area (TPSA) is 158 Å². The molecule has 2 fully saturated rings. The minimum atomic E-state index is -1.31. The molecule has 10 rings (SSSR count). The quantitative estimate of drug-likeness (QED) is 0.236. The van der Waals surface area contributed by atoms with Gasteiger partial charge in [-0.1, -0.05) is 13.0 Å². The molecule has 3 aromatic carbocycles. The van der Waals surface area contributed by atoms with E-state index in [1.54, 1.807) is 14.2 Å². The number of phenolic OH excluding ortho intramolecular Hbond substituents is 1. The molecular weight excluding hydrogens is 755 g/mol. The number of hydrogen-bond acceptors (Lipinski definition) is 15. The lowest BCUT2D eigenvalue weighted by molar-refractivity contribution is -0.186. The van der Waals surface area contributed by atoms with E-state index < -0.39 is 47.1 Å². The minimum Gasteiger partial charge on any atom is -0.504 e. The third kappa shape index (κ3) is 5.52. The number of fused-ring (bicyclic) bond motifs is 9. The second-order valence-electron chi connectivity index (χ2n) is 15.8. The highest BCUT2D eigenvalue weighted by molar-refractivity contribution is 7.99. The van der Waals surface area contributed by atoms with E-state index in [9.17, 15) is 19.8 Å². The van der Waals surface area contributed by atoms with Gasteiger partial charge in [0.15, 0.2) is 40.0 Å². The number of rotatable bonds is 6. The molecular formula is C42H49N3O11S. The molecule has 14 nitrogen and oxygen atoms in total. The average Bonchev–Trinajstić information content (AvgIpc) is 3.68. The summed E-state index contributed by atoms with van der Waals surface area (Å²) in [5.41, 5.74) is 4.78. The number of aromatic hydroxyl groups is 1. The van der Waals surface area contributed by atoms with Crippen LogP contribution in [0.3, 0.4) is 0 Å². The SMILES string of the molecule is CCCOc1cc2c(cc1OC)[C@@]1(CS[C@@H]3c4c(OC(C)=O)c(C)c5c(c4[C@H](COC1=O)N1C3[C@H]3c4c(cc(C)c(OC)c4O)C[C@@H]([C@@H]1O)N3C)OCO5)NCC2. The number of ether oxygens (including phenoxy) is 7. The van der Waals surface area contributed by atoms with Crippen LogP contribution in [0, 0.1) is 13.8 Å². The zero-order chi connectivity index (χ0) is 40.1. The predicted octanol–water partition coefficient (Wildman–Crippen LogP) is 4.50. The Morgan fingerprint density at radius 2 is 1.82 bits per heavy atom. The summed E-state index contributed by atoms with van der Waals surface area (Å²) in [6, 6.07) is 3.73. The van der Waals surface area contributed by atoms with Crippen LogP contribution in [0.5, 0.6) is 40.2 Å². The van der Waals surface area contributed by atoms with E-state index in [1.807, 2.05) is 50.9 Å². The number of nitrogens with one attached hydrogen (secondary N) is 1. The largest absolute Gasteiger partial charge is 0.504 e. The van der Waals surface area contributed by atoms with E-state index >= 15 is 0 Å². The number of aryl methyl sites for hydroxylation is 1. The Hall–Kier alpha value is -4.41. The number of phenols is 1. The molecule has 1 spiro atoms. The number of carbonyl (C=O) groups is 2. The van der Waals surface area contributed by atoms with E-state index in [0.717, 1.165) is 28.7 Å². The Kier molecular flexibility index (Phi) is 9.47. The van der Waals surface area contributed by atoms with Crippen LogP contribution in [0.25, 0.3) is 0 Å². The molecule has 0 radical (unpaired) electrons. The second kappa shape index (κ2) is 14.2. The summed E-state index contributed by atoms with van der Waals surface area (Å²) >= 11 is 1.51. The third-order valence-corrected chi connectivity index (χ3v) is 14.2. The van der Waals surface area contributed by atoms with Crippen LogP contribution in [0.4, 0.5) is 0 Å². The average molecular weight is 804 g/mol. The number of thioether (sulfide) groups is 1. The van der Waals surface area contributed by atoms with Gasteiger partial charge in [-0.05, 0) is 74.5 Å². The zero-order valence-corrected chi connectivity index (χ0v) is 34.0. The monoisotopic (exact) mass is 803 g/mol. The number of esters is 2. The first kappa shape index (κ1) is 38.1. The maximum atomic E-state index is 14.9. The van der Waals surface area contributed by atoms with E-state index in [-0.39, 0.29) is 30.9 Å². The minimum absolute atomic E-state index is 0.0492. The molecule has 2 saturated heterocycles. The van der Waals surface area contributed by atoms with Crippen molar-refractivity contribution in [3.05, 3.63) is 62.7 Å². The summed E-state index contributed by atoms with van der Waals surface area (Å²) in [6.07, 6.45) is 0.913. The van der Waals surface area contributed by atoms with Crippen molar-refractivity contribution in [3.63, 3.8) is 0 Å². The van der Waals surface area contributed by atoms with Crippen LogP contribution in [-0.2, 0) is 32.7 Å². The van der Waals surface area contributed by atoms with E-state index in [1.165, 1.54) is 18.7 Å². The van der Waals surface area contributed by atoms with Gasteiger partial charge in [0, 0.05) is 47.5 Å². The number of aliphatic hydroxyl groups is 1. The highest BCUT2D eigenvalue weighted by Crippen LogP contribution is 2.64. The summed E-state index contributed by atoms with van der Waals surface area (Å²) in [5.74, 6) is 2.07. The number of methoxy groups -OCH3 is 2. The van der Waals surface area contributed by atoms with Crippen LogP contribution in [-0.4, -0.2) is 104 Å². The Labute approximate surface area is 335 Å².